The molecule has 0 radical (unpaired) electrons. The molecule has 11 heavy (non-hydrogen) atoms. The van der Waals surface area contributed by atoms with Crippen molar-refractivity contribution in [1.29, 1.82) is 0 Å². The van der Waals surface area contributed by atoms with Crippen LogP contribution >= 0.6 is 0 Å². The summed E-state index contributed by atoms with van der Waals surface area (Å²) in [7, 11) is 0. The van der Waals surface area contributed by atoms with Gasteiger partial charge in [0.25, 0.3) is 0 Å². The second-order valence-corrected chi connectivity index (χ2v) is 3.00. The average Bonchev–Trinajstić information content (AvgIpc) is 2.03. The zero-order valence-corrected chi connectivity index (χ0v) is 8.11. The molecule has 66 valence electrons. The highest BCUT2D eigenvalue weighted by Gasteiger charge is 2.02. The van der Waals surface area contributed by atoms with Crippen molar-refractivity contribution in [2.45, 2.75) is 52.5 Å². The van der Waals surface area contributed by atoms with Crippen LogP contribution in [0.2, 0.25) is 0 Å². The van der Waals surface area contributed by atoms with Crippen LogP contribution in [0.1, 0.15) is 46.5 Å². The molecule has 0 heterocycles. The van der Waals surface area contributed by atoms with Gasteiger partial charge in [0.05, 0.1) is 0 Å². The van der Waals surface area contributed by atoms with Crippen LogP contribution in [0.25, 0.3) is 0 Å². The smallest absolute Gasteiger partial charge is 0.0255 e. The third-order valence-electron chi connectivity index (χ3n) is 1.96. The lowest BCUT2D eigenvalue weighted by Gasteiger charge is -2.18. The topological polar surface area (TPSA) is 12.0 Å². The number of nitrogens with one attached hydrogen (secondary N) is 1. The summed E-state index contributed by atoms with van der Waals surface area (Å²) in [6.07, 6.45) is 4.76. The van der Waals surface area contributed by atoms with Crippen LogP contribution in [0, 0.1) is 0 Å². The first-order valence-electron chi connectivity index (χ1n) is 4.68. The van der Waals surface area contributed by atoms with Gasteiger partial charge in [-0.3, -0.25) is 0 Å². The first-order valence-corrected chi connectivity index (χ1v) is 4.68. The summed E-state index contributed by atoms with van der Waals surface area (Å²) >= 11 is 0. The van der Waals surface area contributed by atoms with E-state index in [4.69, 9.17) is 0 Å². The normalized spacial score (nSPS) is 12.6. The minimum absolute atomic E-state index is 0.646. The van der Waals surface area contributed by atoms with Gasteiger partial charge in [-0.2, -0.15) is 0 Å². The molecule has 0 bridgehead atoms. The van der Waals surface area contributed by atoms with E-state index in [1.54, 1.807) is 0 Å². The van der Waals surface area contributed by atoms with Crippen LogP contribution in [0.5, 0.6) is 0 Å². The Morgan fingerprint density at radius 2 is 2.00 bits per heavy atom. The fourth-order valence-electron chi connectivity index (χ4n) is 1.12. The molecule has 0 aliphatic heterocycles. The van der Waals surface area contributed by atoms with Crippen molar-refractivity contribution in [2.75, 3.05) is 0 Å². The highest BCUT2D eigenvalue weighted by molar-refractivity contribution is 4.91. The van der Waals surface area contributed by atoms with Gasteiger partial charge in [0.1, 0.15) is 0 Å². The predicted molar refractivity (Wildman–Crippen MR) is 51.6 cm³/mol. The molecule has 0 aromatic heterocycles. The molecule has 1 nitrogen and oxygen atoms in total. The quantitative estimate of drug-likeness (QED) is 0.621. The fraction of sp³-hybridized carbons (Fsp3) is 0.800. The molecule has 1 unspecified atom stereocenters. The Bertz CT molecular complexity index is 107. The summed E-state index contributed by atoms with van der Waals surface area (Å²) in [4.78, 5) is 0. The standard InChI is InChI=1S/C10H21N/c1-5-8-10(7-3)11-9(4)6-2/h10-11H,4-8H2,1-3H3. The summed E-state index contributed by atoms with van der Waals surface area (Å²) < 4.78 is 0. The number of allylic oxidation sites excluding steroid dienone is 1. The van der Waals surface area contributed by atoms with Crippen molar-refractivity contribution in [3.63, 3.8) is 0 Å². The van der Waals surface area contributed by atoms with Gasteiger partial charge in [-0.05, 0) is 19.3 Å². The Morgan fingerprint density at radius 1 is 1.36 bits per heavy atom. The maximum absolute atomic E-state index is 3.93. The Labute approximate surface area is 70.9 Å². The van der Waals surface area contributed by atoms with Crippen molar-refractivity contribution in [3.05, 3.63) is 12.3 Å². The lowest BCUT2D eigenvalue weighted by Crippen LogP contribution is -2.26. The molecule has 0 saturated carbocycles. The van der Waals surface area contributed by atoms with Crippen molar-refractivity contribution in [2.24, 2.45) is 0 Å². The van der Waals surface area contributed by atoms with E-state index >= 15 is 0 Å². The molecule has 0 fully saturated rings. The van der Waals surface area contributed by atoms with Crippen molar-refractivity contribution in [1.82, 2.24) is 5.32 Å². The SMILES string of the molecule is C=C(CC)NC(CC)CCC. The lowest BCUT2D eigenvalue weighted by molar-refractivity contribution is 0.500. The van der Waals surface area contributed by atoms with Gasteiger partial charge in [-0.1, -0.05) is 33.8 Å². The minimum atomic E-state index is 0.646. The maximum Gasteiger partial charge on any atom is 0.0255 e. The third-order valence-corrected chi connectivity index (χ3v) is 1.96. The van der Waals surface area contributed by atoms with Crippen molar-refractivity contribution in [3.8, 4) is 0 Å². The molecule has 0 amide bonds. The Kier molecular flexibility index (Phi) is 6.00. The highest BCUT2D eigenvalue weighted by Crippen LogP contribution is 2.04. The van der Waals surface area contributed by atoms with Crippen LogP contribution < -0.4 is 5.32 Å². The average molecular weight is 155 g/mol. The monoisotopic (exact) mass is 155 g/mol. The zero-order chi connectivity index (χ0) is 8.69. The van der Waals surface area contributed by atoms with Gasteiger partial charge in [0.15, 0.2) is 0 Å². The zero-order valence-electron chi connectivity index (χ0n) is 8.11. The van der Waals surface area contributed by atoms with Crippen LogP contribution in [0.3, 0.4) is 0 Å². The molecule has 0 aliphatic carbocycles. The van der Waals surface area contributed by atoms with Gasteiger partial charge in [0, 0.05) is 11.7 Å². The first-order chi connectivity index (χ1) is 5.24. The van der Waals surface area contributed by atoms with E-state index in [1.807, 2.05) is 0 Å². The third kappa shape index (κ3) is 4.88. The number of hydrogen-bond acceptors (Lipinski definition) is 1. The molecule has 0 saturated heterocycles. The summed E-state index contributed by atoms with van der Waals surface area (Å²) in [5.74, 6) is 0. The van der Waals surface area contributed by atoms with E-state index in [1.165, 1.54) is 25.0 Å². The molecule has 0 spiro atoms. The molecule has 1 heteroatoms. The van der Waals surface area contributed by atoms with Crippen LogP contribution in [0.15, 0.2) is 12.3 Å². The Balaban J connectivity index is 3.58. The highest BCUT2D eigenvalue weighted by atomic mass is 14.9. The van der Waals surface area contributed by atoms with Gasteiger partial charge in [0.2, 0.25) is 0 Å². The van der Waals surface area contributed by atoms with E-state index in [0.29, 0.717) is 6.04 Å². The van der Waals surface area contributed by atoms with Gasteiger partial charge >= 0.3 is 0 Å². The van der Waals surface area contributed by atoms with Gasteiger partial charge in [-0.25, -0.2) is 0 Å². The summed E-state index contributed by atoms with van der Waals surface area (Å²) in [6.45, 7) is 10.5. The second kappa shape index (κ2) is 6.26. The van der Waals surface area contributed by atoms with E-state index < -0.39 is 0 Å². The molecule has 0 rings (SSSR count). The molecule has 0 aromatic carbocycles. The van der Waals surface area contributed by atoms with Crippen molar-refractivity contribution >= 4 is 0 Å². The minimum Gasteiger partial charge on any atom is -0.386 e. The summed E-state index contributed by atoms with van der Waals surface area (Å²) in [5.41, 5.74) is 1.17. The largest absolute Gasteiger partial charge is 0.386 e. The summed E-state index contributed by atoms with van der Waals surface area (Å²) in [5, 5.41) is 3.42. The van der Waals surface area contributed by atoms with E-state index in [-0.39, 0.29) is 0 Å². The molecule has 0 aromatic rings. The Morgan fingerprint density at radius 3 is 2.36 bits per heavy atom. The van der Waals surface area contributed by atoms with Gasteiger partial charge in [-0.15, -0.1) is 0 Å². The van der Waals surface area contributed by atoms with E-state index in [9.17, 15) is 0 Å². The molecule has 1 atom stereocenters. The molecular formula is C10H21N. The molecular weight excluding hydrogens is 134 g/mol. The maximum atomic E-state index is 3.93. The molecule has 1 N–H and O–H groups in total. The lowest BCUT2D eigenvalue weighted by atomic mass is 10.1. The Hall–Kier alpha value is -0.460. The van der Waals surface area contributed by atoms with Gasteiger partial charge < -0.3 is 5.32 Å². The second-order valence-electron chi connectivity index (χ2n) is 3.00. The van der Waals surface area contributed by atoms with E-state index in [0.717, 1.165) is 6.42 Å². The van der Waals surface area contributed by atoms with E-state index in [2.05, 4.69) is 32.7 Å². The fourth-order valence-corrected chi connectivity index (χ4v) is 1.12. The number of hydrogen-bond donors (Lipinski definition) is 1. The van der Waals surface area contributed by atoms with Crippen LogP contribution in [-0.4, -0.2) is 6.04 Å². The molecule has 0 aliphatic rings. The first kappa shape index (κ1) is 10.5. The number of rotatable bonds is 6. The van der Waals surface area contributed by atoms with Crippen LogP contribution in [0.4, 0.5) is 0 Å². The van der Waals surface area contributed by atoms with Crippen LogP contribution in [-0.2, 0) is 0 Å². The predicted octanol–water partition coefficient (Wildman–Crippen LogP) is 3.08. The van der Waals surface area contributed by atoms with Crippen molar-refractivity contribution < 1.29 is 0 Å². The summed E-state index contributed by atoms with van der Waals surface area (Å²) in [6, 6.07) is 0.646.